The maximum Gasteiger partial charge on any atom is 0.312 e. The van der Waals surface area contributed by atoms with Crippen LogP contribution in [0.3, 0.4) is 0 Å². The number of hydrogen-bond donors (Lipinski definition) is 0. The van der Waals surface area contributed by atoms with Crippen molar-refractivity contribution in [1.82, 2.24) is 4.90 Å². The molecule has 96 valence electrons. The molecule has 0 aliphatic heterocycles. The van der Waals surface area contributed by atoms with Crippen molar-refractivity contribution in [3.63, 3.8) is 0 Å². The molecule has 7 nitrogen and oxygen atoms in total. The number of nitro groups is 1. The van der Waals surface area contributed by atoms with E-state index in [2.05, 4.69) is 0 Å². The van der Waals surface area contributed by atoms with Gasteiger partial charge in [-0.05, 0) is 24.4 Å². The zero-order chi connectivity index (χ0) is 13.9. The molecule has 0 bridgehead atoms. The molecule has 0 heterocycles. The number of thiocarbonyl (C=S) groups is 1. The molecule has 0 unspecified atom stereocenters. The maximum atomic E-state index is 10.8. The largest absolute Gasteiger partial charge is 0.545 e. The Morgan fingerprint density at radius 2 is 2.06 bits per heavy atom. The molecule has 18 heavy (non-hydrogen) atoms. The average molecular weight is 269 g/mol. The summed E-state index contributed by atoms with van der Waals surface area (Å²) in [5.74, 6) is -1.62. The zero-order valence-corrected chi connectivity index (χ0v) is 10.4. The van der Waals surface area contributed by atoms with Gasteiger partial charge in [0.05, 0.1) is 10.9 Å². The predicted molar refractivity (Wildman–Crippen MR) is 64.3 cm³/mol. The summed E-state index contributed by atoms with van der Waals surface area (Å²) < 4.78 is 5.11. The molecule has 0 N–H and O–H groups in total. The second-order valence-electron chi connectivity index (χ2n) is 3.49. The van der Waals surface area contributed by atoms with E-state index in [0.29, 0.717) is 0 Å². The first-order chi connectivity index (χ1) is 8.32. The number of nitrogens with zero attached hydrogens (tertiary/aromatic N) is 2. The first kappa shape index (κ1) is 13.8. The summed E-state index contributed by atoms with van der Waals surface area (Å²) >= 11 is 4.84. The summed E-state index contributed by atoms with van der Waals surface area (Å²) in [6.07, 6.45) is 0. The van der Waals surface area contributed by atoms with Crippen LogP contribution in [0.4, 0.5) is 5.69 Å². The van der Waals surface area contributed by atoms with Gasteiger partial charge in [0.15, 0.2) is 0 Å². The van der Waals surface area contributed by atoms with Crippen molar-refractivity contribution in [3.8, 4) is 5.75 Å². The second-order valence-corrected chi connectivity index (χ2v) is 3.84. The van der Waals surface area contributed by atoms with Crippen molar-refractivity contribution in [2.24, 2.45) is 0 Å². The average Bonchev–Trinajstić information content (AvgIpc) is 2.28. The van der Waals surface area contributed by atoms with Crippen molar-refractivity contribution >= 4 is 29.0 Å². The van der Waals surface area contributed by atoms with Gasteiger partial charge >= 0.3 is 5.69 Å². The fraction of sp³-hybridized carbons (Fsp3) is 0.200. The van der Waals surface area contributed by atoms with Crippen LogP contribution >= 0.6 is 12.2 Å². The summed E-state index contributed by atoms with van der Waals surface area (Å²) in [4.78, 5) is 22.1. The highest BCUT2D eigenvalue weighted by Gasteiger charge is 2.18. The van der Waals surface area contributed by atoms with Gasteiger partial charge in [0, 0.05) is 25.7 Å². The monoisotopic (exact) mass is 269 g/mol. The maximum absolute atomic E-state index is 10.8. The fourth-order valence-corrected chi connectivity index (χ4v) is 1.15. The molecule has 0 radical (unpaired) electrons. The molecule has 0 saturated carbocycles. The molecule has 8 heteroatoms. The van der Waals surface area contributed by atoms with Crippen molar-refractivity contribution in [1.29, 1.82) is 0 Å². The number of carbonyl (C=O) groups is 1. The van der Waals surface area contributed by atoms with Gasteiger partial charge in [-0.3, -0.25) is 10.1 Å². The van der Waals surface area contributed by atoms with E-state index in [0.717, 1.165) is 12.1 Å². The van der Waals surface area contributed by atoms with E-state index in [9.17, 15) is 20.0 Å². The van der Waals surface area contributed by atoms with Gasteiger partial charge in [-0.1, -0.05) is 0 Å². The quantitative estimate of drug-likeness (QED) is 0.439. The van der Waals surface area contributed by atoms with Crippen LogP contribution < -0.4 is 9.84 Å². The minimum atomic E-state index is -1.50. The van der Waals surface area contributed by atoms with Crippen LogP contribution in [0.15, 0.2) is 18.2 Å². The molecule has 0 fully saturated rings. The van der Waals surface area contributed by atoms with E-state index in [1.807, 2.05) is 0 Å². The highest BCUT2D eigenvalue weighted by atomic mass is 32.1. The summed E-state index contributed by atoms with van der Waals surface area (Å²) in [6, 6.07) is 3.18. The van der Waals surface area contributed by atoms with E-state index >= 15 is 0 Å². The van der Waals surface area contributed by atoms with Crippen LogP contribution in [0, 0.1) is 10.1 Å². The van der Waals surface area contributed by atoms with Crippen LogP contribution in [-0.2, 0) is 0 Å². The molecule has 0 saturated heterocycles. The van der Waals surface area contributed by atoms with Gasteiger partial charge in [0.25, 0.3) is 5.17 Å². The number of carbonyl (C=O) groups excluding carboxylic acids is 1. The standard InChI is InChI=1S/C10H10N2O5S/c1-11(2)10(18)17-8-4-3-6(9(13)14)5-7(8)12(15)16/h3-5H,1-2H3,(H,13,14)/p-1. The van der Waals surface area contributed by atoms with Crippen LogP contribution in [-0.4, -0.2) is 35.1 Å². The third kappa shape index (κ3) is 3.14. The molecule has 0 aromatic heterocycles. The topological polar surface area (TPSA) is 95.7 Å². The number of ether oxygens (including phenoxy) is 1. The highest BCUT2D eigenvalue weighted by Crippen LogP contribution is 2.28. The molecule has 1 rings (SSSR count). The Hall–Kier alpha value is -2.22. The van der Waals surface area contributed by atoms with E-state index < -0.39 is 16.6 Å². The first-order valence-corrected chi connectivity index (χ1v) is 5.12. The summed E-state index contributed by atoms with van der Waals surface area (Å²) in [5, 5.41) is 21.4. The van der Waals surface area contributed by atoms with E-state index in [1.165, 1.54) is 11.0 Å². The highest BCUT2D eigenvalue weighted by molar-refractivity contribution is 7.80. The zero-order valence-electron chi connectivity index (χ0n) is 9.58. The normalized spacial score (nSPS) is 9.67. The Morgan fingerprint density at radius 3 is 2.50 bits per heavy atom. The lowest BCUT2D eigenvalue weighted by molar-refractivity contribution is -0.385. The molecule has 0 atom stereocenters. The first-order valence-electron chi connectivity index (χ1n) is 4.72. The second kappa shape index (κ2) is 5.41. The van der Waals surface area contributed by atoms with Crippen LogP contribution in [0.2, 0.25) is 0 Å². The van der Waals surface area contributed by atoms with Crippen molar-refractivity contribution in [2.75, 3.05) is 14.1 Å². The Balaban J connectivity index is 3.16. The predicted octanol–water partition coefficient (Wildman–Crippen LogP) is 0.184. The van der Waals surface area contributed by atoms with Gasteiger partial charge < -0.3 is 19.5 Å². The Kier molecular flexibility index (Phi) is 4.16. The number of aromatic carboxylic acids is 1. The molecular weight excluding hydrogens is 260 g/mol. The third-order valence-electron chi connectivity index (χ3n) is 1.95. The van der Waals surface area contributed by atoms with E-state index in [1.54, 1.807) is 14.1 Å². The minimum absolute atomic E-state index is 0.0271. The lowest BCUT2D eigenvalue weighted by Crippen LogP contribution is -2.25. The summed E-state index contributed by atoms with van der Waals surface area (Å²) in [6.45, 7) is 0. The molecule has 0 spiro atoms. The fourth-order valence-electron chi connectivity index (χ4n) is 1.06. The van der Waals surface area contributed by atoms with E-state index in [-0.39, 0.29) is 16.5 Å². The van der Waals surface area contributed by atoms with Gasteiger partial charge in [-0.2, -0.15) is 0 Å². The number of carboxylic acid groups (broad SMARTS) is 1. The van der Waals surface area contributed by atoms with Crippen molar-refractivity contribution in [3.05, 3.63) is 33.9 Å². The van der Waals surface area contributed by atoms with Crippen LogP contribution in [0.1, 0.15) is 10.4 Å². The lowest BCUT2D eigenvalue weighted by Gasteiger charge is -2.14. The third-order valence-corrected chi connectivity index (χ3v) is 2.40. The number of rotatable bonds is 3. The number of carboxylic acids is 1. The van der Waals surface area contributed by atoms with Crippen LogP contribution in [0.25, 0.3) is 0 Å². The number of nitro benzene ring substituents is 1. The molecule has 0 aliphatic carbocycles. The molecule has 0 aliphatic rings. The van der Waals surface area contributed by atoms with Gasteiger partial charge in [-0.25, -0.2) is 0 Å². The van der Waals surface area contributed by atoms with E-state index in [4.69, 9.17) is 17.0 Å². The van der Waals surface area contributed by atoms with Gasteiger partial charge in [0.1, 0.15) is 0 Å². The summed E-state index contributed by atoms with van der Waals surface area (Å²) in [5.41, 5.74) is -0.786. The Morgan fingerprint density at radius 1 is 1.44 bits per heavy atom. The van der Waals surface area contributed by atoms with Crippen LogP contribution in [0.5, 0.6) is 5.75 Å². The van der Waals surface area contributed by atoms with Gasteiger partial charge in [-0.15, -0.1) is 0 Å². The van der Waals surface area contributed by atoms with Crippen molar-refractivity contribution in [2.45, 2.75) is 0 Å². The molecule has 0 amide bonds. The minimum Gasteiger partial charge on any atom is -0.545 e. The Labute approximate surface area is 108 Å². The number of hydrogen-bond acceptors (Lipinski definition) is 6. The summed E-state index contributed by atoms with van der Waals surface area (Å²) in [7, 11) is 3.23. The Bertz CT molecular complexity index is 515. The van der Waals surface area contributed by atoms with Crippen molar-refractivity contribution < 1.29 is 19.6 Å². The molecule has 1 aromatic rings. The smallest absolute Gasteiger partial charge is 0.312 e. The van der Waals surface area contributed by atoms with Gasteiger partial charge in [0.2, 0.25) is 5.75 Å². The molecule has 1 aromatic carbocycles. The molecular formula is C10H9N2O5S-. The number of benzene rings is 1. The SMILES string of the molecule is CN(C)C(=S)Oc1ccc(C(=O)[O-])cc1[N+](=O)[O-]. The lowest BCUT2D eigenvalue weighted by atomic mass is 10.2.